The fourth-order valence-corrected chi connectivity index (χ4v) is 4.39. The molecule has 0 fully saturated rings. The topological polar surface area (TPSA) is 78.8 Å². The van der Waals surface area contributed by atoms with Crippen LogP contribution in [0.5, 0.6) is 0 Å². The van der Waals surface area contributed by atoms with Gasteiger partial charge >= 0.3 is 0 Å². The lowest BCUT2D eigenvalue weighted by atomic mass is 10.1. The summed E-state index contributed by atoms with van der Waals surface area (Å²) in [6, 6.07) is 24.5. The molecule has 0 heterocycles. The first-order valence-corrected chi connectivity index (χ1v) is 11.4. The molecular formula is C23H22ClN3O3S. The zero-order valence-electron chi connectivity index (χ0n) is 16.7. The molecule has 0 saturated heterocycles. The Morgan fingerprint density at radius 2 is 1.55 bits per heavy atom. The molecule has 31 heavy (non-hydrogen) atoms. The molecule has 160 valence electrons. The molecule has 0 bridgehead atoms. The molecule has 3 aromatic rings. The van der Waals surface area contributed by atoms with Crippen LogP contribution in [0.3, 0.4) is 0 Å². The van der Waals surface area contributed by atoms with Crippen LogP contribution in [0.4, 0.5) is 0 Å². The maximum Gasteiger partial charge on any atom is 0.255 e. The van der Waals surface area contributed by atoms with Crippen LogP contribution in [0.25, 0.3) is 0 Å². The predicted molar refractivity (Wildman–Crippen MR) is 123 cm³/mol. The number of nitrogens with zero attached hydrogens (tertiary/aromatic N) is 2. The second-order valence-electron chi connectivity index (χ2n) is 6.73. The van der Waals surface area contributed by atoms with E-state index in [0.717, 1.165) is 11.1 Å². The number of hydrogen-bond acceptors (Lipinski definition) is 4. The maximum absolute atomic E-state index is 13.1. The minimum absolute atomic E-state index is 0.139. The highest BCUT2D eigenvalue weighted by atomic mass is 35.5. The van der Waals surface area contributed by atoms with E-state index >= 15 is 0 Å². The number of nitrogens with one attached hydrogen (secondary N) is 1. The van der Waals surface area contributed by atoms with Gasteiger partial charge in [-0.1, -0.05) is 72.3 Å². The van der Waals surface area contributed by atoms with Gasteiger partial charge in [-0.2, -0.15) is 9.41 Å². The molecule has 6 nitrogen and oxygen atoms in total. The smallest absolute Gasteiger partial charge is 0.255 e. The van der Waals surface area contributed by atoms with Gasteiger partial charge in [-0.25, -0.2) is 13.8 Å². The fraction of sp³-hybridized carbons (Fsp3) is 0.130. The Balaban J connectivity index is 1.70. The monoisotopic (exact) mass is 455 g/mol. The maximum atomic E-state index is 13.1. The lowest BCUT2D eigenvalue weighted by molar-refractivity contribution is -0.121. The predicted octanol–water partition coefficient (Wildman–Crippen LogP) is 3.72. The number of sulfonamides is 1. The number of hydrogen-bond donors (Lipinski definition) is 1. The molecule has 0 radical (unpaired) electrons. The third kappa shape index (κ3) is 6.75. The first-order valence-electron chi connectivity index (χ1n) is 9.62. The van der Waals surface area contributed by atoms with Crippen LogP contribution in [-0.4, -0.2) is 37.9 Å². The molecular weight excluding hydrogens is 434 g/mol. The van der Waals surface area contributed by atoms with Crippen molar-refractivity contribution in [2.24, 2.45) is 5.10 Å². The Morgan fingerprint density at radius 3 is 2.19 bits per heavy atom. The van der Waals surface area contributed by atoms with E-state index in [9.17, 15) is 13.2 Å². The summed E-state index contributed by atoms with van der Waals surface area (Å²) in [5.41, 5.74) is 4.13. The summed E-state index contributed by atoms with van der Waals surface area (Å²) in [5, 5.41) is 4.51. The van der Waals surface area contributed by atoms with Crippen molar-refractivity contribution in [2.45, 2.75) is 11.3 Å². The highest BCUT2D eigenvalue weighted by Gasteiger charge is 2.26. The van der Waals surface area contributed by atoms with Crippen molar-refractivity contribution in [3.8, 4) is 0 Å². The van der Waals surface area contributed by atoms with E-state index in [-0.39, 0.29) is 18.0 Å². The van der Waals surface area contributed by atoms with Crippen molar-refractivity contribution in [3.05, 3.63) is 101 Å². The van der Waals surface area contributed by atoms with Crippen LogP contribution >= 0.6 is 11.6 Å². The van der Waals surface area contributed by atoms with Gasteiger partial charge in [0, 0.05) is 11.6 Å². The lowest BCUT2D eigenvalue weighted by Crippen LogP contribution is -2.40. The summed E-state index contributed by atoms with van der Waals surface area (Å²) in [6.07, 6.45) is 1.95. The average molecular weight is 456 g/mol. The van der Waals surface area contributed by atoms with Crippen LogP contribution in [-0.2, 0) is 21.2 Å². The number of carbonyl (C=O) groups excluding carboxylic acids is 1. The number of amides is 1. The van der Waals surface area contributed by atoms with Crippen molar-refractivity contribution >= 4 is 33.7 Å². The Kier molecular flexibility index (Phi) is 7.94. The van der Waals surface area contributed by atoms with Crippen molar-refractivity contribution in [1.82, 2.24) is 9.73 Å². The average Bonchev–Trinajstić information content (AvgIpc) is 2.79. The first-order chi connectivity index (χ1) is 14.9. The van der Waals surface area contributed by atoms with Crippen LogP contribution in [0.15, 0.2) is 94.9 Å². The van der Waals surface area contributed by atoms with Crippen molar-refractivity contribution in [1.29, 1.82) is 0 Å². The Labute approximate surface area is 187 Å². The van der Waals surface area contributed by atoms with Gasteiger partial charge in [-0.3, -0.25) is 4.79 Å². The molecule has 0 aliphatic rings. The van der Waals surface area contributed by atoms with Crippen molar-refractivity contribution in [3.63, 3.8) is 0 Å². The largest absolute Gasteiger partial charge is 0.272 e. The minimum atomic E-state index is -3.84. The number of halogens is 1. The van der Waals surface area contributed by atoms with Gasteiger partial charge in [-0.15, -0.1) is 0 Å². The molecule has 0 aromatic heterocycles. The Hall–Kier alpha value is -3.00. The summed E-state index contributed by atoms with van der Waals surface area (Å²) >= 11 is 5.84. The number of benzene rings is 3. The number of carbonyl (C=O) groups is 1. The van der Waals surface area contributed by atoms with E-state index in [4.69, 9.17) is 11.6 Å². The lowest BCUT2D eigenvalue weighted by Gasteiger charge is -2.21. The Morgan fingerprint density at radius 1 is 0.935 bits per heavy atom. The van der Waals surface area contributed by atoms with Gasteiger partial charge in [0.05, 0.1) is 17.7 Å². The Bertz CT molecular complexity index is 1120. The minimum Gasteiger partial charge on any atom is -0.272 e. The van der Waals surface area contributed by atoms with Gasteiger partial charge in [0.2, 0.25) is 10.0 Å². The van der Waals surface area contributed by atoms with Crippen molar-refractivity contribution in [2.75, 3.05) is 13.1 Å². The molecule has 0 saturated carbocycles. The van der Waals surface area contributed by atoms with Crippen LogP contribution in [0, 0.1) is 0 Å². The van der Waals surface area contributed by atoms with Gasteiger partial charge in [0.15, 0.2) is 0 Å². The summed E-state index contributed by atoms with van der Waals surface area (Å²) in [7, 11) is -3.84. The molecule has 1 amide bonds. The van der Waals surface area contributed by atoms with E-state index < -0.39 is 15.9 Å². The van der Waals surface area contributed by atoms with Crippen molar-refractivity contribution < 1.29 is 13.2 Å². The molecule has 0 unspecified atom stereocenters. The molecule has 0 aliphatic carbocycles. The molecule has 0 atom stereocenters. The molecule has 3 rings (SSSR count). The molecule has 0 spiro atoms. The van der Waals surface area contributed by atoms with E-state index in [1.807, 2.05) is 30.3 Å². The summed E-state index contributed by atoms with van der Waals surface area (Å²) in [5.74, 6) is -0.530. The third-order valence-corrected chi connectivity index (χ3v) is 6.58. The quantitative estimate of drug-likeness (QED) is 0.394. The molecule has 0 aliphatic heterocycles. The van der Waals surface area contributed by atoms with E-state index in [2.05, 4.69) is 10.5 Å². The zero-order chi connectivity index (χ0) is 22.1. The highest BCUT2D eigenvalue weighted by Crippen LogP contribution is 2.16. The first kappa shape index (κ1) is 22.7. The van der Waals surface area contributed by atoms with Crippen LogP contribution < -0.4 is 5.43 Å². The highest BCUT2D eigenvalue weighted by molar-refractivity contribution is 7.89. The summed E-state index contributed by atoms with van der Waals surface area (Å²) in [6.45, 7) is -0.183. The van der Waals surface area contributed by atoms with Gasteiger partial charge < -0.3 is 0 Å². The SMILES string of the molecule is O=C(CN(CCc1ccccc1)S(=O)(=O)c1ccccc1)N/N=C\c1ccc(Cl)cc1. The third-order valence-electron chi connectivity index (χ3n) is 4.47. The van der Waals surface area contributed by atoms with Gasteiger partial charge in [0.1, 0.15) is 0 Å². The second kappa shape index (κ2) is 10.9. The fourth-order valence-electron chi connectivity index (χ4n) is 2.85. The zero-order valence-corrected chi connectivity index (χ0v) is 18.3. The van der Waals surface area contributed by atoms with Gasteiger partial charge in [0.25, 0.3) is 5.91 Å². The van der Waals surface area contributed by atoms with Crippen LogP contribution in [0.1, 0.15) is 11.1 Å². The standard InChI is InChI=1S/C23H22ClN3O3S/c24-21-13-11-20(12-14-21)17-25-26-23(28)18-27(16-15-19-7-3-1-4-8-19)31(29,30)22-9-5-2-6-10-22/h1-14,17H,15-16,18H2,(H,26,28)/b25-17-. The van der Waals surface area contributed by atoms with E-state index in [1.54, 1.807) is 42.5 Å². The number of rotatable bonds is 9. The van der Waals surface area contributed by atoms with E-state index in [0.29, 0.717) is 11.4 Å². The summed E-state index contributed by atoms with van der Waals surface area (Å²) in [4.78, 5) is 12.6. The molecule has 1 N–H and O–H groups in total. The van der Waals surface area contributed by atoms with E-state index in [1.165, 1.54) is 22.7 Å². The molecule has 8 heteroatoms. The normalized spacial score (nSPS) is 11.7. The van der Waals surface area contributed by atoms with Crippen LogP contribution in [0.2, 0.25) is 5.02 Å². The number of hydrazone groups is 1. The molecule has 3 aromatic carbocycles. The van der Waals surface area contributed by atoms with Gasteiger partial charge in [-0.05, 0) is 41.8 Å². The second-order valence-corrected chi connectivity index (χ2v) is 9.11. The summed E-state index contributed by atoms with van der Waals surface area (Å²) < 4.78 is 27.4.